The number of rotatable bonds is 9. The number of nitrogen functional groups attached to an aromatic ring is 1. The first-order chi connectivity index (χ1) is 16.8. The number of benzene rings is 1. The summed E-state index contributed by atoms with van der Waals surface area (Å²) in [7, 11) is 3.28. The standard InChI is InChI=1S/C25H29BrN6O3/c1-15-10-17(24(33)34-4)11-21(29-15)19-13-28-31(3)22(19)6-5-9-35-16(2)14-32-23-12-18(26)7-8-20(23)30-25(32)27/h7-8,10-13,16H,5-6,9,14H2,1-4H3,(H2,27,30). The van der Waals surface area contributed by atoms with Crippen molar-refractivity contribution in [2.75, 3.05) is 19.5 Å². The highest BCUT2D eigenvalue weighted by Gasteiger charge is 2.16. The second-order valence-corrected chi connectivity index (χ2v) is 9.42. The molecule has 0 spiro atoms. The maximum Gasteiger partial charge on any atom is 0.337 e. The first kappa shape index (κ1) is 24.9. The van der Waals surface area contributed by atoms with Crippen molar-refractivity contribution in [3.05, 3.63) is 58.0 Å². The summed E-state index contributed by atoms with van der Waals surface area (Å²) in [5.74, 6) is 0.0910. The summed E-state index contributed by atoms with van der Waals surface area (Å²) in [4.78, 5) is 21.1. The molecule has 4 rings (SSSR count). The number of carbonyl (C=O) groups excluding carboxylic acids is 1. The van der Waals surface area contributed by atoms with Crippen LogP contribution in [0.2, 0.25) is 0 Å². The van der Waals surface area contributed by atoms with Crippen molar-refractivity contribution >= 4 is 38.9 Å². The van der Waals surface area contributed by atoms with E-state index in [0.717, 1.165) is 45.3 Å². The zero-order valence-corrected chi connectivity index (χ0v) is 21.9. The van der Waals surface area contributed by atoms with Gasteiger partial charge in [0, 0.05) is 35.1 Å². The average molecular weight is 541 g/mol. The summed E-state index contributed by atoms with van der Waals surface area (Å²) >= 11 is 3.51. The number of hydrogen-bond donors (Lipinski definition) is 1. The Bertz CT molecular complexity index is 1360. The van der Waals surface area contributed by atoms with E-state index in [1.54, 1.807) is 18.3 Å². The monoisotopic (exact) mass is 540 g/mol. The lowest BCUT2D eigenvalue weighted by Crippen LogP contribution is -2.19. The van der Waals surface area contributed by atoms with Crippen LogP contribution in [0.25, 0.3) is 22.3 Å². The normalized spacial score (nSPS) is 12.3. The molecule has 0 saturated carbocycles. The number of hydrogen-bond acceptors (Lipinski definition) is 7. The Hall–Kier alpha value is -3.24. The molecule has 3 heterocycles. The Kier molecular flexibility index (Phi) is 7.51. The highest BCUT2D eigenvalue weighted by atomic mass is 79.9. The highest BCUT2D eigenvalue weighted by Crippen LogP contribution is 2.25. The van der Waals surface area contributed by atoms with Crippen LogP contribution < -0.4 is 5.73 Å². The van der Waals surface area contributed by atoms with E-state index < -0.39 is 0 Å². The highest BCUT2D eigenvalue weighted by molar-refractivity contribution is 9.10. The van der Waals surface area contributed by atoms with Gasteiger partial charge in [-0.05, 0) is 57.0 Å². The molecule has 4 aromatic rings. The summed E-state index contributed by atoms with van der Waals surface area (Å²) in [6.45, 7) is 5.08. The summed E-state index contributed by atoms with van der Waals surface area (Å²) in [5, 5.41) is 4.42. The lowest BCUT2D eigenvalue weighted by atomic mass is 10.1. The molecule has 184 valence electrons. The van der Waals surface area contributed by atoms with Crippen LogP contribution in [0.15, 0.2) is 41.0 Å². The maximum absolute atomic E-state index is 12.0. The van der Waals surface area contributed by atoms with E-state index in [-0.39, 0.29) is 12.1 Å². The number of pyridine rings is 1. The fourth-order valence-electron chi connectivity index (χ4n) is 4.16. The first-order valence-corrected chi connectivity index (χ1v) is 12.2. The molecule has 9 nitrogen and oxygen atoms in total. The third kappa shape index (κ3) is 5.54. The number of nitrogens with zero attached hydrogens (tertiary/aromatic N) is 5. The second kappa shape index (κ2) is 10.6. The van der Waals surface area contributed by atoms with Gasteiger partial charge in [-0.15, -0.1) is 0 Å². The van der Waals surface area contributed by atoms with Crippen molar-refractivity contribution < 1.29 is 14.3 Å². The van der Waals surface area contributed by atoms with E-state index in [4.69, 9.17) is 15.2 Å². The Morgan fingerprint density at radius 1 is 1.23 bits per heavy atom. The summed E-state index contributed by atoms with van der Waals surface area (Å²) < 4.78 is 15.8. The van der Waals surface area contributed by atoms with Gasteiger partial charge >= 0.3 is 5.97 Å². The van der Waals surface area contributed by atoms with Gasteiger partial charge in [-0.25, -0.2) is 9.78 Å². The molecule has 0 aliphatic rings. The topological polar surface area (TPSA) is 110 Å². The molecule has 1 unspecified atom stereocenters. The lowest BCUT2D eigenvalue weighted by molar-refractivity contribution is 0.0538. The van der Waals surface area contributed by atoms with Crippen LogP contribution in [-0.4, -0.2) is 50.1 Å². The average Bonchev–Trinajstić information content (AvgIpc) is 3.34. The Balaban J connectivity index is 1.39. The fraction of sp³-hybridized carbons (Fsp3) is 0.360. The summed E-state index contributed by atoms with van der Waals surface area (Å²) in [6, 6.07) is 9.38. The number of halogens is 1. The quantitative estimate of drug-likeness (QED) is 0.248. The van der Waals surface area contributed by atoms with Gasteiger partial charge in [0.25, 0.3) is 0 Å². The predicted octanol–water partition coefficient (Wildman–Crippen LogP) is 4.31. The van der Waals surface area contributed by atoms with E-state index in [2.05, 4.69) is 31.0 Å². The van der Waals surface area contributed by atoms with Crippen molar-refractivity contribution in [1.82, 2.24) is 24.3 Å². The van der Waals surface area contributed by atoms with Gasteiger partial charge in [0.1, 0.15) is 0 Å². The second-order valence-electron chi connectivity index (χ2n) is 8.50. The molecule has 0 bridgehead atoms. The van der Waals surface area contributed by atoms with Gasteiger partial charge in [-0.2, -0.15) is 5.10 Å². The number of aryl methyl sites for hydroxylation is 2. The first-order valence-electron chi connectivity index (χ1n) is 11.4. The number of ether oxygens (including phenoxy) is 2. The predicted molar refractivity (Wildman–Crippen MR) is 138 cm³/mol. The van der Waals surface area contributed by atoms with Crippen molar-refractivity contribution in [1.29, 1.82) is 0 Å². The number of nitrogens with two attached hydrogens (primary N) is 1. The minimum Gasteiger partial charge on any atom is -0.465 e. The number of anilines is 1. The number of carbonyl (C=O) groups is 1. The van der Waals surface area contributed by atoms with Crippen LogP contribution in [0.4, 0.5) is 5.95 Å². The fourth-order valence-corrected chi connectivity index (χ4v) is 4.50. The van der Waals surface area contributed by atoms with Crippen molar-refractivity contribution in [3.8, 4) is 11.3 Å². The lowest BCUT2D eigenvalue weighted by Gasteiger charge is -2.16. The van der Waals surface area contributed by atoms with Crippen LogP contribution in [0, 0.1) is 6.92 Å². The summed E-state index contributed by atoms with van der Waals surface area (Å²) in [6.07, 6.45) is 3.30. The number of methoxy groups -OCH3 is 1. The third-order valence-electron chi connectivity index (χ3n) is 5.85. The molecule has 2 N–H and O–H groups in total. The number of fused-ring (bicyclic) bond motifs is 1. The third-order valence-corrected chi connectivity index (χ3v) is 6.35. The molecule has 0 fully saturated rings. The largest absolute Gasteiger partial charge is 0.465 e. The molecule has 3 aromatic heterocycles. The Labute approximate surface area is 212 Å². The zero-order chi connectivity index (χ0) is 25.1. The molecule has 1 atom stereocenters. The van der Waals surface area contributed by atoms with Gasteiger partial charge in [0.05, 0.1) is 48.2 Å². The zero-order valence-electron chi connectivity index (χ0n) is 20.3. The molecular formula is C25H29BrN6O3. The van der Waals surface area contributed by atoms with Gasteiger partial charge in [-0.3, -0.25) is 9.67 Å². The molecule has 1 aromatic carbocycles. The molecule has 0 aliphatic carbocycles. The molecule has 0 saturated heterocycles. The Morgan fingerprint density at radius 3 is 2.80 bits per heavy atom. The minimum atomic E-state index is -0.386. The molecule has 10 heteroatoms. The molecule has 35 heavy (non-hydrogen) atoms. The van der Waals surface area contributed by atoms with E-state index in [1.807, 2.05) is 48.3 Å². The van der Waals surface area contributed by atoms with Crippen LogP contribution in [-0.2, 0) is 29.5 Å². The van der Waals surface area contributed by atoms with Gasteiger partial charge in [-0.1, -0.05) is 15.9 Å². The minimum absolute atomic E-state index is 0.0410. The number of aromatic nitrogens is 5. The van der Waals surface area contributed by atoms with Gasteiger partial charge in [0.15, 0.2) is 0 Å². The van der Waals surface area contributed by atoms with E-state index in [1.165, 1.54) is 7.11 Å². The smallest absolute Gasteiger partial charge is 0.337 e. The Morgan fingerprint density at radius 2 is 2.03 bits per heavy atom. The molecule has 0 aliphatic heterocycles. The molecular weight excluding hydrogens is 512 g/mol. The van der Waals surface area contributed by atoms with E-state index >= 15 is 0 Å². The van der Waals surface area contributed by atoms with Crippen molar-refractivity contribution in [2.45, 2.75) is 39.3 Å². The van der Waals surface area contributed by atoms with Crippen molar-refractivity contribution in [2.24, 2.45) is 7.05 Å². The maximum atomic E-state index is 12.0. The van der Waals surface area contributed by atoms with Crippen LogP contribution in [0.1, 0.15) is 35.1 Å². The van der Waals surface area contributed by atoms with Crippen LogP contribution >= 0.6 is 15.9 Å². The number of esters is 1. The van der Waals surface area contributed by atoms with E-state index in [0.29, 0.717) is 30.4 Å². The van der Waals surface area contributed by atoms with Gasteiger partial charge in [0.2, 0.25) is 5.95 Å². The van der Waals surface area contributed by atoms with Crippen LogP contribution in [0.3, 0.4) is 0 Å². The molecule has 0 amide bonds. The SMILES string of the molecule is COC(=O)c1cc(C)nc(-c2cnn(C)c2CCCOC(C)Cn2c(N)nc3ccc(Br)cc32)c1. The number of imidazole rings is 1. The van der Waals surface area contributed by atoms with E-state index in [9.17, 15) is 4.79 Å². The van der Waals surface area contributed by atoms with Crippen molar-refractivity contribution in [3.63, 3.8) is 0 Å². The summed E-state index contributed by atoms with van der Waals surface area (Å²) in [5.41, 5.74) is 11.8. The molecule has 0 radical (unpaired) electrons. The van der Waals surface area contributed by atoms with Gasteiger partial charge < -0.3 is 19.8 Å². The van der Waals surface area contributed by atoms with Crippen LogP contribution in [0.5, 0.6) is 0 Å².